The lowest BCUT2D eigenvalue weighted by Crippen LogP contribution is -2.44. The Morgan fingerprint density at radius 3 is 2.58 bits per heavy atom. The molecule has 0 spiro atoms. The zero-order valence-corrected chi connectivity index (χ0v) is 18.6. The van der Waals surface area contributed by atoms with Crippen LogP contribution in [-0.4, -0.2) is 41.3 Å². The topological polar surface area (TPSA) is 51.0 Å². The summed E-state index contributed by atoms with van der Waals surface area (Å²) < 4.78 is 1.87. The van der Waals surface area contributed by atoms with Gasteiger partial charge in [-0.05, 0) is 53.8 Å². The summed E-state index contributed by atoms with van der Waals surface area (Å²) in [6.45, 7) is 4.77. The zero-order valence-electron chi connectivity index (χ0n) is 18.6. The molecule has 1 aliphatic heterocycles. The predicted octanol–water partition coefficient (Wildman–Crippen LogP) is 2.28. The molecule has 0 unspecified atom stereocenters. The van der Waals surface area contributed by atoms with Crippen molar-refractivity contribution < 1.29 is 4.79 Å². The molecule has 0 fully saturated rings. The Hall–Kier alpha value is -3.34. The van der Waals surface area contributed by atoms with Gasteiger partial charge in [-0.1, -0.05) is 30.3 Å². The van der Waals surface area contributed by atoms with Crippen molar-refractivity contribution in [3.63, 3.8) is 0 Å². The number of fused-ring (bicyclic) bond motifs is 2. The Balaban J connectivity index is 1.51. The van der Waals surface area contributed by atoms with Crippen LogP contribution < -0.4 is 0 Å². The van der Waals surface area contributed by atoms with Gasteiger partial charge in [-0.3, -0.25) is 14.5 Å². The molecule has 0 N–H and O–H groups in total. The molecule has 0 saturated heterocycles. The van der Waals surface area contributed by atoms with E-state index in [4.69, 9.17) is 0 Å². The van der Waals surface area contributed by atoms with E-state index in [1.54, 1.807) is 6.20 Å². The maximum absolute atomic E-state index is 13.1. The summed E-state index contributed by atoms with van der Waals surface area (Å²) in [6, 6.07) is 14.5. The fraction of sp³-hybridized carbons (Fsp3) is 0.208. The minimum absolute atomic E-state index is 0.0483. The van der Waals surface area contributed by atoms with Gasteiger partial charge in [-0.2, -0.15) is 5.10 Å². The van der Waals surface area contributed by atoms with Gasteiger partial charge in [0, 0.05) is 36.7 Å². The Kier molecular flexibility index (Phi) is 4.33. The van der Waals surface area contributed by atoms with E-state index in [1.165, 1.54) is 16.7 Å². The Labute approximate surface area is 183 Å². The second-order valence-electron chi connectivity index (χ2n) is 8.99. The first-order valence-electron chi connectivity index (χ1n) is 10.6. The average molecular weight is 406 g/mol. The molecule has 7 heteroatoms. The highest BCUT2D eigenvalue weighted by Gasteiger charge is 2.43. The number of hydrogen-bond acceptors (Lipinski definition) is 3. The van der Waals surface area contributed by atoms with Crippen molar-refractivity contribution in [3.8, 4) is 11.1 Å². The minimum Gasteiger partial charge on any atom is -0.339 e. The molecule has 0 bridgehead atoms. The van der Waals surface area contributed by atoms with Crippen molar-refractivity contribution >= 4 is 32.5 Å². The summed E-state index contributed by atoms with van der Waals surface area (Å²) in [6.07, 6.45) is 3.84. The molecule has 1 amide bonds. The van der Waals surface area contributed by atoms with Crippen LogP contribution in [0.15, 0.2) is 54.9 Å². The van der Waals surface area contributed by atoms with Gasteiger partial charge < -0.3 is 4.90 Å². The molecule has 5 rings (SSSR count). The summed E-state index contributed by atoms with van der Waals surface area (Å²) in [5.41, 5.74) is 8.43. The number of rotatable bonds is 3. The van der Waals surface area contributed by atoms with Crippen LogP contribution in [-0.2, 0) is 18.9 Å². The van der Waals surface area contributed by atoms with Crippen molar-refractivity contribution in [2.75, 3.05) is 0 Å². The highest BCUT2D eigenvalue weighted by molar-refractivity contribution is 6.42. The van der Waals surface area contributed by atoms with Crippen molar-refractivity contribution in [2.24, 2.45) is 7.05 Å². The molecular weight excluding hydrogens is 382 g/mol. The van der Waals surface area contributed by atoms with E-state index in [0.29, 0.717) is 12.1 Å². The van der Waals surface area contributed by atoms with Gasteiger partial charge in [-0.15, -0.1) is 0 Å². The van der Waals surface area contributed by atoms with Gasteiger partial charge in [0.05, 0.1) is 16.8 Å². The summed E-state index contributed by atoms with van der Waals surface area (Å²) in [7, 11) is 6.09. The normalized spacial score (nSPS) is 14.9. The molecule has 0 aliphatic carbocycles. The van der Waals surface area contributed by atoms with Gasteiger partial charge in [0.25, 0.3) is 5.91 Å². The Bertz CT molecular complexity index is 1360. The molecule has 3 heterocycles. The van der Waals surface area contributed by atoms with Crippen LogP contribution in [0.4, 0.5) is 0 Å². The largest absolute Gasteiger partial charge is 0.339 e. The maximum Gasteiger partial charge on any atom is 0.255 e. The summed E-state index contributed by atoms with van der Waals surface area (Å²) in [5, 5.41) is 5.34. The van der Waals surface area contributed by atoms with Gasteiger partial charge in [-0.25, -0.2) is 0 Å². The van der Waals surface area contributed by atoms with Crippen molar-refractivity contribution in [1.29, 1.82) is 0 Å². The second-order valence-corrected chi connectivity index (χ2v) is 8.99. The lowest BCUT2D eigenvalue weighted by Gasteiger charge is -2.32. The predicted molar refractivity (Wildman–Crippen MR) is 129 cm³/mol. The van der Waals surface area contributed by atoms with Crippen LogP contribution in [0, 0.1) is 13.8 Å². The number of carbonyl (C=O) groups excluding carboxylic acids is 1. The molecule has 5 nitrogen and oxygen atoms in total. The molecule has 0 radical (unpaired) electrons. The number of pyridine rings is 1. The number of benzene rings is 2. The van der Waals surface area contributed by atoms with E-state index >= 15 is 0 Å². The van der Waals surface area contributed by atoms with E-state index in [-0.39, 0.29) is 5.91 Å². The van der Waals surface area contributed by atoms with Crippen molar-refractivity contribution in [1.82, 2.24) is 19.7 Å². The number of nitrogens with zero attached hydrogens (tertiary/aromatic N) is 4. The molecule has 4 aromatic rings. The Morgan fingerprint density at radius 2 is 1.84 bits per heavy atom. The minimum atomic E-state index is -0.433. The molecular formula is C24H24B2N4O. The van der Waals surface area contributed by atoms with E-state index in [1.807, 2.05) is 28.8 Å². The van der Waals surface area contributed by atoms with Crippen LogP contribution in [0.25, 0.3) is 22.0 Å². The first-order valence-corrected chi connectivity index (χ1v) is 10.6. The van der Waals surface area contributed by atoms with Gasteiger partial charge >= 0.3 is 0 Å². The monoisotopic (exact) mass is 406 g/mol. The van der Waals surface area contributed by atoms with Crippen LogP contribution in [0.3, 0.4) is 0 Å². The molecule has 2 aromatic heterocycles. The number of amides is 1. The summed E-state index contributed by atoms with van der Waals surface area (Å²) in [5.74, 6) is 0.0483. The highest BCUT2D eigenvalue weighted by Crippen LogP contribution is 2.36. The smallest absolute Gasteiger partial charge is 0.255 e. The number of aryl methyl sites for hydroxylation is 3. The van der Waals surface area contributed by atoms with Crippen LogP contribution in [0.1, 0.15) is 32.7 Å². The van der Waals surface area contributed by atoms with Crippen LogP contribution in [0.5, 0.6) is 0 Å². The van der Waals surface area contributed by atoms with Crippen LogP contribution >= 0.6 is 0 Å². The first-order chi connectivity index (χ1) is 14.8. The number of hydrogen-bond donors (Lipinski definition) is 0. The molecule has 0 atom stereocenters. The third kappa shape index (κ3) is 2.99. The second kappa shape index (κ2) is 6.84. The lowest BCUT2D eigenvalue weighted by molar-refractivity contribution is 0.0731. The molecule has 152 valence electrons. The fourth-order valence-corrected chi connectivity index (χ4v) is 4.68. The first kappa shape index (κ1) is 19.6. The SMILES string of the molecule is BC1(B)c2ncccc2C(=O)N1Cc1ccc(-c2ccc(C)c3nn(C)cc23)cc1C. The molecule has 0 saturated carbocycles. The van der Waals surface area contributed by atoms with E-state index in [2.05, 4.69) is 76.2 Å². The standard InChI is InChI=1S/C24H24B2N4O/c1-14-6-9-18(20-13-29(3)28-21(14)20)16-7-8-17(15(2)11-16)12-30-23(31)19-5-4-10-27-22(19)24(30,25)26/h4-11,13H,12,25-26H2,1-3H3. The quantitative estimate of drug-likeness (QED) is 0.491. The third-order valence-electron chi connectivity index (χ3n) is 6.51. The number of carbonyl (C=O) groups is 1. The Morgan fingerprint density at radius 1 is 1.03 bits per heavy atom. The molecule has 1 aliphatic rings. The van der Waals surface area contributed by atoms with Gasteiger partial charge in [0.2, 0.25) is 0 Å². The van der Waals surface area contributed by atoms with E-state index < -0.39 is 5.34 Å². The maximum atomic E-state index is 13.1. The van der Waals surface area contributed by atoms with E-state index in [9.17, 15) is 4.79 Å². The molecule has 31 heavy (non-hydrogen) atoms. The van der Waals surface area contributed by atoms with Crippen LogP contribution in [0.2, 0.25) is 0 Å². The van der Waals surface area contributed by atoms with Crippen molar-refractivity contribution in [2.45, 2.75) is 25.7 Å². The third-order valence-corrected chi connectivity index (χ3v) is 6.51. The fourth-order valence-electron chi connectivity index (χ4n) is 4.68. The average Bonchev–Trinajstić information content (AvgIpc) is 3.22. The van der Waals surface area contributed by atoms with Gasteiger partial charge in [0.1, 0.15) is 15.7 Å². The van der Waals surface area contributed by atoms with Gasteiger partial charge in [0.15, 0.2) is 0 Å². The lowest BCUT2D eigenvalue weighted by atomic mass is 9.59. The summed E-state index contributed by atoms with van der Waals surface area (Å²) in [4.78, 5) is 19.5. The van der Waals surface area contributed by atoms with Crippen molar-refractivity contribution in [3.05, 3.63) is 82.8 Å². The zero-order chi connectivity index (χ0) is 21.9. The molecule has 2 aromatic carbocycles. The van der Waals surface area contributed by atoms with E-state index in [0.717, 1.165) is 27.7 Å². The summed E-state index contributed by atoms with van der Waals surface area (Å²) >= 11 is 0. The number of aromatic nitrogens is 3. The highest BCUT2D eigenvalue weighted by atomic mass is 16.2.